The van der Waals surface area contributed by atoms with Gasteiger partial charge in [-0.15, -0.1) is 0 Å². The molecular formula is C8H18O2Si. The second-order valence-corrected chi connectivity index (χ2v) is 3.91. The third kappa shape index (κ3) is 3.18. The van der Waals surface area contributed by atoms with E-state index in [1.54, 1.807) is 0 Å². The van der Waals surface area contributed by atoms with Crippen molar-refractivity contribution in [3.8, 4) is 0 Å². The molecule has 2 nitrogen and oxygen atoms in total. The second kappa shape index (κ2) is 4.69. The Kier molecular flexibility index (Phi) is 4.64. The molecule has 0 heterocycles. The molecule has 0 aromatic carbocycles. The molecule has 0 aliphatic rings. The minimum Gasteiger partial charge on any atom is -0.351 e. The van der Waals surface area contributed by atoms with Crippen molar-refractivity contribution in [1.29, 1.82) is 0 Å². The molecule has 66 valence electrons. The zero-order valence-electron chi connectivity index (χ0n) is 7.94. The minimum atomic E-state index is -0.455. The Labute approximate surface area is 72.0 Å². The van der Waals surface area contributed by atoms with Crippen molar-refractivity contribution in [3.63, 3.8) is 0 Å². The fourth-order valence-corrected chi connectivity index (χ4v) is 1.42. The van der Waals surface area contributed by atoms with Gasteiger partial charge in [-0.3, -0.25) is 0 Å². The van der Waals surface area contributed by atoms with Gasteiger partial charge in [-0.25, -0.2) is 0 Å². The molecule has 0 atom stereocenters. The molecule has 0 bridgehead atoms. The Bertz CT molecular complexity index is 128. The molecular weight excluding hydrogens is 156 g/mol. The summed E-state index contributed by atoms with van der Waals surface area (Å²) < 4.78 is 10.9. The van der Waals surface area contributed by atoms with Crippen LogP contribution in [0.5, 0.6) is 0 Å². The first-order chi connectivity index (χ1) is 5.06. The fourth-order valence-electron chi connectivity index (χ4n) is 0.839. The molecule has 0 aliphatic heterocycles. The van der Waals surface area contributed by atoms with Crippen LogP contribution in [0, 0.1) is 0 Å². The third-order valence-electron chi connectivity index (χ3n) is 1.61. The molecule has 11 heavy (non-hydrogen) atoms. The Morgan fingerprint density at radius 1 is 1.36 bits per heavy atom. The SMILES string of the molecule is C=C(C)C([SiH3])(OCC)OCC. The molecule has 0 saturated heterocycles. The van der Waals surface area contributed by atoms with E-state index in [9.17, 15) is 0 Å². The summed E-state index contributed by atoms with van der Waals surface area (Å²) in [7, 11) is 0.828. The number of rotatable bonds is 5. The molecule has 0 radical (unpaired) electrons. The van der Waals surface area contributed by atoms with Crippen LogP contribution in [0.1, 0.15) is 20.8 Å². The van der Waals surface area contributed by atoms with Gasteiger partial charge in [0.2, 0.25) is 0 Å². The molecule has 0 N–H and O–H groups in total. The lowest BCUT2D eigenvalue weighted by Gasteiger charge is -2.29. The highest BCUT2D eigenvalue weighted by Crippen LogP contribution is 2.17. The van der Waals surface area contributed by atoms with Gasteiger partial charge in [0.1, 0.15) is 0 Å². The lowest BCUT2D eigenvalue weighted by molar-refractivity contribution is -0.146. The highest BCUT2D eigenvalue weighted by Gasteiger charge is 2.24. The van der Waals surface area contributed by atoms with Crippen LogP contribution < -0.4 is 0 Å². The first-order valence-corrected chi connectivity index (χ1v) is 5.00. The summed E-state index contributed by atoms with van der Waals surface area (Å²) in [6.07, 6.45) is 0. The van der Waals surface area contributed by atoms with E-state index < -0.39 is 5.41 Å². The Hall–Kier alpha value is -0.123. The van der Waals surface area contributed by atoms with Crippen LogP contribution in [0.2, 0.25) is 0 Å². The number of hydrogen-bond acceptors (Lipinski definition) is 2. The maximum Gasteiger partial charge on any atom is 0.161 e. The first kappa shape index (κ1) is 10.9. The van der Waals surface area contributed by atoms with Crippen LogP contribution in [0.3, 0.4) is 0 Å². The van der Waals surface area contributed by atoms with E-state index in [4.69, 9.17) is 9.47 Å². The van der Waals surface area contributed by atoms with Gasteiger partial charge in [0.25, 0.3) is 0 Å². The van der Waals surface area contributed by atoms with E-state index in [0.717, 1.165) is 15.8 Å². The minimum absolute atomic E-state index is 0.455. The molecule has 3 heteroatoms. The quantitative estimate of drug-likeness (QED) is 0.346. The fraction of sp³-hybridized carbons (Fsp3) is 0.750. The molecule has 0 amide bonds. The van der Waals surface area contributed by atoms with Crippen molar-refractivity contribution in [2.75, 3.05) is 13.2 Å². The summed E-state index contributed by atoms with van der Waals surface area (Å²) in [6, 6.07) is 0. The monoisotopic (exact) mass is 174 g/mol. The summed E-state index contributed by atoms with van der Waals surface area (Å²) >= 11 is 0. The van der Waals surface area contributed by atoms with Crippen LogP contribution >= 0.6 is 0 Å². The molecule has 0 aromatic heterocycles. The maximum absolute atomic E-state index is 5.47. The van der Waals surface area contributed by atoms with Crippen molar-refractivity contribution >= 4 is 10.2 Å². The summed E-state index contributed by atoms with van der Waals surface area (Å²) in [4.78, 5) is 0. The molecule has 0 aromatic rings. The topological polar surface area (TPSA) is 18.5 Å². The molecule has 0 spiro atoms. The van der Waals surface area contributed by atoms with Crippen LogP contribution in [-0.2, 0) is 9.47 Å². The van der Waals surface area contributed by atoms with Gasteiger partial charge in [0.15, 0.2) is 5.41 Å². The molecule has 0 saturated carbocycles. The van der Waals surface area contributed by atoms with Gasteiger partial charge in [-0.1, -0.05) is 6.58 Å². The van der Waals surface area contributed by atoms with Gasteiger partial charge >= 0.3 is 0 Å². The van der Waals surface area contributed by atoms with E-state index in [2.05, 4.69) is 6.58 Å². The summed E-state index contributed by atoms with van der Waals surface area (Å²) in [6.45, 7) is 11.1. The van der Waals surface area contributed by atoms with Crippen LogP contribution in [0.4, 0.5) is 0 Å². The van der Waals surface area contributed by atoms with Crippen molar-refractivity contribution in [2.45, 2.75) is 26.2 Å². The van der Waals surface area contributed by atoms with Crippen LogP contribution in [0.25, 0.3) is 0 Å². The van der Waals surface area contributed by atoms with Gasteiger partial charge in [-0.05, 0) is 26.3 Å². The van der Waals surface area contributed by atoms with Crippen molar-refractivity contribution in [1.82, 2.24) is 0 Å². The van der Waals surface area contributed by atoms with Crippen LogP contribution in [0.15, 0.2) is 12.2 Å². The smallest absolute Gasteiger partial charge is 0.161 e. The third-order valence-corrected chi connectivity index (χ3v) is 3.05. The summed E-state index contributed by atoms with van der Waals surface area (Å²) in [5.74, 6) is 0. The predicted molar refractivity (Wildman–Crippen MR) is 50.7 cm³/mol. The van der Waals surface area contributed by atoms with Gasteiger partial charge in [0.05, 0.1) is 10.2 Å². The van der Waals surface area contributed by atoms with Crippen molar-refractivity contribution in [3.05, 3.63) is 12.2 Å². The molecule has 0 fully saturated rings. The Balaban J connectivity index is 4.13. The summed E-state index contributed by atoms with van der Waals surface area (Å²) in [5.41, 5.74) is 0.511. The Morgan fingerprint density at radius 2 is 1.73 bits per heavy atom. The van der Waals surface area contributed by atoms with Crippen LogP contribution in [-0.4, -0.2) is 28.9 Å². The van der Waals surface area contributed by atoms with E-state index in [0.29, 0.717) is 13.2 Å². The van der Waals surface area contributed by atoms with E-state index in [1.165, 1.54) is 0 Å². The Morgan fingerprint density at radius 3 is 1.91 bits per heavy atom. The van der Waals surface area contributed by atoms with Gasteiger partial charge in [0, 0.05) is 13.2 Å². The highest BCUT2D eigenvalue weighted by atomic mass is 28.1. The average Bonchev–Trinajstić information content (AvgIpc) is 1.88. The van der Waals surface area contributed by atoms with Gasteiger partial charge < -0.3 is 9.47 Å². The lowest BCUT2D eigenvalue weighted by atomic mass is 10.3. The zero-order chi connectivity index (χ0) is 8.91. The number of hydrogen-bond donors (Lipinski definition) is 0. The van der Waals surface area contributed by atoms with Crippen molar-refractivity contribution in [2.24, 2.45) is 0 Å². The lowest BCUT2D eigenvalue weighted by Crippen LogP contribution is -2.37. The highest BCUT2D eigenvalue weighted by molar-refractivity contribution is 6.15. The summed E-state index contributed by atoms with van der Waals surface area (Å²) in [5, 5.41) is 0. The molecule has 0 unspecified atom stereocenters. The zero-order valence-corrected chi connectivity index (χ0v) is 9.94. The van der Waals surface area contributed by atoms with Gasteiger partial charge in [-0.2, -0.15) is 0 Å². The molecule has 0 rings (SSSR count). The maximum atomic E-state index is 5.47. The predicted octanol–water partition coefficient (Wildman–Crippen LogP) is 0.655. The number of ether oxygens (including phenoxy) is 2. The normalized spacial score (nSPS) is 11.9. The average molecular weight is 174 g/mol. The largest absolute Gasteiger partial charge is 0.351 e. The molecule has 0 aliphatic carbocycles. The standard InChI is InChI=1S/C8H18O2Si/c1-5-9-8(11,7(3)4)10-6-2/h3,5-6H2,1-2,4,11H3. The van der Waals surface area contributed by atoms with E-state index >= 15 is 0 Å². The first-order valence-electron chi connectivity index (χ1n) is 4.00. The van der Waals surface area contributed by atoms with Crippen molar-refractivity contribution < 1.29 is 9.47 Å². The van der Waals surface area contributed by atoms with E-state index in [1.807, 2.05) is 20.8 Å². The second-order valence-electron chi connectivity index (χ2n) is 2.59. The van der Waals surface area contributed by atoms with E-state index in [-0.39, 0.29) is 0 Å².